The lowest BCUT2D eigenvalue weighted by molar-refractivity contribution is -0.121. The van der Waals surface area contributed by atoms with E-state index in [-0.39, 0.29) is 29.1 Å². The van der Waals surface area contributed by atoms with Crippen LogP contribution in [0, 0.1) is 0 Å². The number of sulfone groups is 1. The highest BCUT2D eigenvalue weighted by atomic mass is 32.2. The highest BCUT2D eigenvalue weighted by molar-refractivity contribution is 8.00. The van der Waals surface area contributed by atoms with E-state index in [1.165, 1.54) is 0 Å². The Labute approximate surface area is 188 Å². The SMILES string of the molecule is COc1ccc([C@H](CNC(=O)C2=C(c3ccccc3)S(=O)(=O)CCO2)N2CCCC2)cc1. The van der Waals surface area contributed by atoms with E-state index in [1.54, 1.807) is 37.4 Å². The Morgan fingerprint density at radius 3 is 2.44 bits per heavy atom. The number of ether oxygens (including phenoxy) is 2. The van der Waals surface area contributed by atoms with Crippen LogP contribution in [0.15, 0.2) is 60.4 Å². The summed E-state index contributed by atoms with van der Waals surface area (Å²) in [6.45, 7) is 2.22. The molecule has 32 heavy (non-hydrogen) atoms. The van der Waals surface area contributed by atoms with Crippen LogP contribution in [0.4, 0.5) is 0 Å². The second-order valence-corrected chi connectivity index (χ2v) is 9.98. The second-order valence-electron chi connectivity index (χ2n) is 7.93. The molecule has 1 amide bonds. The topological polar surface area (TPSA) is 84.9 Å². The zero-order chi connectivity index (χ0) is 22.6. The van der Waals surface area contributed by atoms with Crippen LogP contribution in [0.25, 0.3) is 4.91 Å². The van der Waals surface area contributed by atoms with Crippen molar-refractivity contribution >= 4 is 20.6 Å². The van der Waals surface area contributed by atoms with E-state index in [0.29, 0.717) is 12.1 Å². The van der Waals surface area contributed by atoms with Gasteiger partial charge in [-0.3, -0.25) is 9.69 Å². The van der Waals surface area contributed by atoms with Crippen molar-refractivity contribution in [2.45, 2.75) is 18.9 Å². The molecular weight excluding hydrogens is 428 g/mol. The third-order valence-corrected chi connectivity index (χ3v) is 7.64. The summed E-state index contributed by atoms with van der Waals surface area (Å²) in [5.74, 6) is -0.00499. The molecule has 0 bridgehead atoms. The quantitative estimate of drug-likeness (QED) is 0.690. The zero-order valence-electron chi connectivity index (χ0n) is 18.1. The summed E-state index contributed by atoms with van der Waals surface area (Å²) in [7, 11) is -1.99. The molecule has 2 heterocycles. The van der Waals surface area contributed by atoms with Crippen LogP contribution in [-0.4, -0.2) is 58.3 Å². The van der Waals surface area contributed by atoms with E-state index < -0.39 is 15.7 Å². The van der Waals surface area contributed by atoms with Gasteiger partial charge in [0.05, 0.1) is 18.9 Å². The smallest absolute Gasteiger partial charge is 0.287 e. The first-order chi connectivity index (χ1) is 15.5. The third kappa shape index (κ3) is 4.81. The van der Waals surface area contributed by atoms with Gasteiger partial charge in [0, 0.05) is 6.54 Å². The number of hydrogen-bond acceptors (Lipinski definition) is 6. The minimum atomic E-state index is -3.62. The molecule has 8 heteroatoms. The fourth-order valence-electron chi connectivity index (χ4n) is 4.24. The molecule has 0 unspecified atom stereocenters. The maximum absolute atomic E-state index is 13.1. The first-order valence-electron chi connectivity index (χ1n) is 10.8. The van der Waals surface area contributed by atoms with Gasteiger partial charge in [-0.15, -0.1) is 0 Å². The van der Waals surface area contributed by atoms with Crippen molar-refractivity contribution in [3.05, 3.63) is 71.5 Å². The van der Waals surface area contributed by atoms with Gasteiger partial charge in [-0.1, -0.05) is 42.5 Å². The number of nitrogens with zero attached hydrogens (tertiary/aromatic N) is 1. The van der Waals surface area contributed by atoms with Crippen LogP contribution in [0.1, 0.15) is 30.0 Å². The van der Waals surface area contributed by atoms with Gasteiger partial charge in [0.1, 0.15) is 17.3 Å². The van der Waals surface area contributed by atoms with Crippen molar-refractivity contribution in [2.75, 3.05) is 39.1 Å². The average Bonchev–Trinajstić information content (AvgIpc) is 3.34. The van der Waals surface area contributed by atoms with E-state index in [0.717, 1.165) is 37.2 Å². The van der Waals surface area contributed by atoms with E-state index in [1.807, 2.05) is 24.3 Å². The molecule has 1 N–H and O–H groups in total. The summed E-state index contributed by atoms with van der Waals surface area (Å²) in [6.07, 6.45) is 2.23. The minimum Gasteiger partial charge on any atom is -0.497 e. The Balaban J connectivity index is 1.59. The summed E-state index contributed by atoms with van der Waals surface area (Å²) < 4.78 is 36.4. The first-order valence-corrected chi connectivity index (χ1v) is 12.5. The number of hydrogen-bond donors (Lipinski definition) is 1. The molecule has 170 valence electrons. The molecule has 2 aromatic carbocycles. The molecule has 2 aromatic rings. The number of methoxy groups -OCH3 is 1. The second kappa shape index (κ2) is 9.75. The molecule has 1 atom stereocenters. The molecule has 0 saturated carbocycles. The van der Waals surface area contributed by atoms with E-state index >= 15 is 0 Å². The first kappa shape index (κ1) is 22.4. The molecule has 7 nitrogen and oxygen atoms in total. The molecule has 2 aliphatic heterocycles. The molecule has 0 aliphatic carbocycles. The van der Waals surface area contributed by atoms with Gasteiger partial charge in [0.15, 0.2) is 9.84 Å². The summed E-state index contributed by atoms with van der Waals surface area (Å²) in [5.41, 5.74) is 1.53. The van der Waals surface area contributed by atoms with Crippen molar-refractivity contribution < 1.29 is 22.7 Å². The maximum Gasteiger partial charge on any atom is 0.287 e. The number of likely N-dealkylation sites (tertiary alicyclic amines) is 1. The average molecular weight is 457 g/mol. The Kier molecular flexibility index (Phi) is 6.81. The predicted octanol–water partition coefficient (Wildman–Crippen LogP) is 2.76. The van der Waals surface area contributed by atoms with Crippen LogP contribution >= 0.6 is 0 Å². The van der Waals surface area contributed by atoms with Crippen LogP contribution in [-0.2, 0) is 19.4 Å². The van der Waals surface area contributed by atoms with Crippen molar-refractivity contribution in [1.82, 2.24) is 10.2 Å². The lowest BCUT2D eigenvalue weighted by Gasteiger charge is -2.29. The van der Waals surface area contributed by atoms with E-state index in [4.69, 9.17) is 9.47 Å². The number of benzene rings is 2. The molecule has 1 fully saturated rings. The van der Waals surface area contributed by atoms with Crippen molar-refractivity contribution in [3.63, 3.8) is 0 Å². The molecule has 1 saturated heterocycles. The largest absolute Gasteiger partial charge is 0.497 e. The van der Waals surface area contributed by atoms with Gasteiger partial charge in [0.2, 0.25) is 5.76 Å². The highest BCUT2D eigenvalue weighted by Crippen LogP contribution is 2.31. The van der Waals surface area contributed by atoms with Crippen molar-refractivity contribution in [3.8, 4) is 5.75 Å². The van der Waals surface area contributed by atoms with Crippen LogP contribution in [0.3, 0.4) is 0 Å². The van der Waals surface area contributed by atoms with E-state index in [9.17, 15) is 13.2 Å². The van der Waals surface area contributed by atoms with Gasteiger partial charge in [0.25, 0.3) is 5.91 Å². The summed E-state index contributed by atoms with van der Waals surface area (Å²) >= 11 is 0. The Morgan fingerprint density at radius 1 is 1.09 bits per heavy atom. The summed E-state index contributed by atoms with van der Waals surface area (Å²) in [4.78, 5) is 15.4. The number of nitrogens with one attached hydrogen (secondary N) is 1. The van der Waals surface area contributed by atoms with Gasteiger partial charge in [-0.25, -0.2) is 8.42 Å². The fraction of sp³-hybridized carbons (Fsp3) is 0.375. The Morgan fingerprint density at radius 2 is 1.78 bits per heavy atom. The van der Waals surface area contributed by atoms with Crippen molar-refractivity contribution in [2.24, 2.45) is 0 Å². The van der Waals surface area contributed by atoms with Crippen LogP contribution in [0.2, 0.25) is 0 Å². The fourth-order valence-corrected chi connectivity index (χ4v) is 5.67. The molecule has 0 radical (unpaired) electrons. The minimum absolute atomic E-state index is 0.0201. The predicted molar refractivity (Wildman–Crippen MR) is 123 cm³/mol. The monoisotopic (exact) mass is 456 g/mol. The summed E-state index contributed by atoms with van der Waals surface area (Å²) in [5, 5.41) is 2.93. The van der Waals surface area contributed by atoms with Crippen molar-refractivity contribution in [1.29, 1.82) is 0 Å². The van der Waals surface area contributed by atoms with Gasteiger partial charge in [-0.2, -0.15) is 0 Å². The van der Waals surface area contributed by atoms with E-state index in [2.05, 4.69) is 10.2 Å². The number of carbonyl (C=O) groups excluding carboxylic acids is 1. The Bertz CT molecular complexity index is 1080. The standard InChI is InChI=1S/C24H28N2O5S/c1-30-20-11-9-18(10-12-20)21(26-13-5-6-14-26)17-25-24(27)22-23(19-7-3-2-4-8-19)32(28,29)16-15-31-22/h2-4,7-12,21H,5-6,13-17H2,1H3,(H,25,27)/t21-/m0/s1. The number of carbonyl (C=O) groups is 1. The lowest BCUT2D eigenvalue weighted by Crippen LogP contribution is -2.39. The lowest BCUT2D eigenvalue weighted by atomic mass is 10.1. The third-order valence-electron chi connectivity index (χ3n) is 5.90. The van der Waals surface area contributed by atoms with Gasteiger partial charge >= 0.3 is 0 Å². The summed E-state index contributed by atoms with van der Waals surface area (Å²) in [6, 6.07) is 16.5. The number of amides is 1. The van der Waals surface area contributed by atoms with Gasteiger partial charge < -0.3 is 14.8 Å². The highest BCUT2D eigenvalue weighted by Gasteiger charge is 2.34. The van der Waals surface area contributed by atoms with Crippen LogP contribution in [0.5, 0.6) is 5.75 Å². The molecule has 4 rings (SSSR count). The molecule has 0 aromatic heterocycles. The Hall–Kier alpha value is -2.84. The molecule has 0 spiro atoms. The normalized spacial score (nSPS) is 19.3. The number of rotatable bonds is 7. The maximum atomic E-state index is 13.1. The van der Waals surface area contributed by atoms with Crippen LogP contribution < -0.4 is 10.1 Å². The molecular formula is C24H28N2O5S. The zero-order valence-corrected chi connectivity index (χ0v) is 18.9. The molecule has 2 aliphatic rings. The van der Waals surface area contributed by atoms with Gasteiger partial charge in [-0.05, 0) is 49.2 Å².